The Bertz CT molecular complexity index is 468. The minimum Gasteiger partial charge on any atom is -0.497 e. The van der Waals surface area contributed by atoms with Crippen LogP contribution in [0, 0.1) is 5.92 Å². The van der Waals surface area contributed by atoms with E-state index in [9.17, 15) is 0 Å². The molecule has 0 spiro atoms. The standard InChI is InChI=1S/C17H26N2O/c1-17(2)12-19(16(10-18-17)14-7-8-14)11-13-5-4-6-15(9-13)20-3/h4-6,9,14,16,18H,7-8,10-12H2,1-3H3. The van der Waals surface area contributed by atoms with Crippen LogP contribution in [0.15, 0.2) is 24.3 Å². The third kappa shape index (κ3) is 3.15. The summed E-state index contributed by atoms with van der Waals surface area (Å²) in [4.78, 5) is 2.67. The van der Waals surface area contributed by atoms with Gasteiger partial charge in [-0.2, -0.15) is 0 Å². The van der Waals surface area contributed by atoms with Crippen molar-refractivity contribution in [2.45, 2.75) is 44.8 Å². The normalized spacial score (nSPS) is 26.4. The van der Waals surface area contributed by atoms with E-state index in [1.807, 2.05) is 6.07 Å². The Morgan fingerprint density at radius 3 is 2.85 bits per heavy atom. The van der Waals surface area contributed by atoms with Gasteiger partial charge in [-0.15, -0.1) is 0 Å². The van der Waals surface area contributed by atoms with Gasteiger partial charge in [-0.1, -0.05) is 12.1 Å². The molecule has 3 heteroatoms. The average molecular weight is 274 g/mol. The van der Waals surface area contributed by atoms with Crippen LogP contribution in [-0.4, -0.2) is 36.7 Å². The molecule has 3 rings (SSSR count). The van der Waals surface area contributed by atoms with E-state index in [2.05, 4.69) is 42.3 Å². The first-order chi connectivity index (χ1) is 9.57. The first-order valence-electron chi connectivity index (χ1n) is 7.69. The highest BCUT2D eigenvalue weighted by molar-refractivity contribution is 5.28. The van der Waals surface area contributed by atoms with Gasteiger partial charge in [0.2, 0.25) is 0 Å². The Balaban J connectivity index is 1.74. The first-order valence-corrected chi connectivity index (χ1v) is 7.69. The molecule has 0 aromatic heterocycles. The molecule has 20 heavy (non-hydrogen) atoms. The lowest BCUT2D eigenvalue weighted by Gasteiger charge is -2.45. The smallest absolute Gasteiger partial charge is 0.119 e. The van der Waals surface area contributed by atoms with E-state index < -0.39 is 0 Å². The molecule has 1 aromatic rings. The topological polar surface area (TPSA) is 24.5 Å². The Morgan fingerprint density at radius 1 is 1.35 bits per heavy atom. The molecule has 2 fully saturated rings. The fourth-order valence-corrected chi connectivity index (χ4v) is 3.32. The van der Waals surface area contributed by atoms with Crippen LogP contribution in [0.1, 0.15) is 32.3 Å². The Hall–Kier alpha value is -1.06. The zero-order valence-corrected chi connectivity index (χ0v) is 12.9. The second kappa shape index (κ2) is 5.38. The maximum Gasteiger partial charge on any atom is 0.119 e. The van der Waals surface area contributed by atoms with E-state index in [1.165, 1.54) is 18.4 Å². The van der Waals surface area contributed by atoms with Crippen molar-refractivity contribution >= 4 is 0 Å². The van der Waals surface area contributed by atoms with Crippen molar-refractivity contribution < 1.29 is 4.74 Å². The highest BCUT2D eigenvalue weighted by Crippen LogP contribution is 2.37. The molecule has 2 aliphatic rings. The molecule has 3 nitrogen and oxygen atoms in total. The summed E-state index contributed by atoms with van der Waals surface area (Å²) in [6.07, 6.45) is 2.81. The van der Waals surface area contributed by atoms with Crippen molar-refractivity contribution in [1.82, 2.24) is 10.2 Å². The molecule has 1 atom stereocenters. The van der Waals surface area contributed by atoms with E-state index in [0.717, 1.165) is 31.3 Å². The number of hydrogen-bond acceptors (Lipinski definition) is 3. The van der Waals surface area contributed by atoms with Gasteiger partial charge < -0.3 is 10.1 Å². The highest BCUT2D eigenvalue weighted by Gasteiger charge is 2.40. The van der Waals surface area contributed by atoms with Gasteiger partial charge >= 0.3 is 0 Å². The van der Waals surface area contributed by atoms with Crippen LogP contribution >= 0.6 is 0 Å². The lowest BCUT2D eigenvalue weighted by molar-refractivity contribution is 0.0759. The summed E-state index contributed by atoms with van der Waals surface area (Å²) in [7, 11) is 1.74. The van der Waals surface area contributed by atoms with E-state index in [-0.39, 0.29) is 5.54 Å². The molecule has 1 aromatic carbocycles. The molecule has 1 aliphatic carbocycles. The maximum atomic E-state index is 5.34. The number of piperazine rings is 1. The molecule has 0 radical (unpaired) electrons. The van der Waals surface area contributed by atoms with E-state index in [0.29, 0.717) is 6.04 Å². The molecule has 1 saturated heterocycles. The van der Waals surface area contributed by atoms with Crippen molar-refractivity contribution in [3.05, 3.63) is 29.8 Å². The molecule has 1 unspecified atom stereocenters. The largest absolute Gasteiger partial charge is 0.497 e. The number of rotatable bonds is 4. The van der Waals surface area contributed by atoms with E-state index in [1.54, 1.807) is 7.11 Å². The predicted octanol–water partition coefficient (Wildman–Crippen LogP) is 2.66. The van der Waals surface area contributed by atoms with Crippen molar-refractivity contribution in [3.63, 3.8) is 0 Å². The Labute approximate surface area is 122 Å². The fourth-order valence-electron chi connectivity index (χ4n) is 3.32. The molecule has 1 saturated carbocycles. The molecule has 1 N–H and O–H groups in total. The van der Waals surface area contributed by atoms with Crippen LogP contribution < -0.4 is 10.1 Å². The summed E-state index contributed by atoms with van der Waals surface area (Å²) in [6.45, 7) is 7.87. The van der Waals surface area contributed by atoms with Crippen LogP contribution in [0.3, 0.4) is 0 Å². The quantitative estimate of drug-likeness (QED) is 0.913. The molecule has 0 bridgehead atoms. The minimum absolute atomic E-state index is 0.213. The number of methoxy groups -OCH3 is 1. The number of hydrogen-bond donors (Lipinski definition) is 1. The number of nitrogens with zero attached hydrogens (tertiary/aromatic N) is 1. The van der Waals surface area contributed by atoms with Crippen molar-refractivity contribution in [3.8, 4) is 5.75 Å². The molecule has 110 valence electrons. The molecule has 1 heterocycles. The Morgan fingerprint density at radius 2 is 2.15 bits per heavy atom. The van der Waals surface area contributed by atoms with Gasteiger partial charge in [-0.3, -0.25) is 4.90 Å². The van der Waals surface area contributed by atoms with Crippen LogP contribution in [-0.2, 0) is 6.54 Å². The summed E-state index contributed by atoms with van der Waals surface area (Å²) in [6, 6.07) is 9.19. The van der Waals surface area contributed by atoms with Gasteiger partial charge in [0.05, 0.1) is 7.11 Å². The van der Waals surface area contributed by atoms with Gasteiger partial charge in [-0.25, -0.2) is 0 Å². The maximum absolute atomic E-state index is 5.34. The zero-order valence-electron chi connectivity index (χ0n) is 12.9. The summed E-state index contributed by atoms with van der Waals surface area (Å²) in [5.41, 5.74) is 1.57. The van der Waals surface area contributed by atoms with Crippen molar-refractivity contribution in [2.75, 3.05) is 20.2 Å². The van der Waals surface area contributed by atoms with Crippen LogP contribution in [0.4, 0.5) is 0 Å². The van der Waals surface area contributed by atoms with Crippen LogP contribution in [0.25, 0.3) is 0 Å². The van der Waals surface area contributed by atoms with Gasteiger partial charge in [-0.05, 0) is 50.3 Å². The van der Waals surface area contributed by atoms with E-state index in [4.69, 9.17) is 4.74 Å². The summed E-state index contributed by atoms with van der Waals surface area (Å²) in [5, 5.41) is 3.70. The average Bonchev–Trinajstić information content (AvgIpc) is 3.22. The first kappa shape index (κ1) is 13.9. The monoisotopic (exact) mass is 274 g/mol. The number of ether oxygens (including phenoxy) is 1. The second-order valence-corrected chi connectivity index (χ2v) is 6.93. The minimum atomic E-state index is 0.213. The van der Waals surface area contributed by atoms with Crippen LogP contribution in [0.5, 0.6) is 5.75 Å². The molecule has 0 amide bonds. The zero-order chi connectivity index (χ0) is 14.2. The molecule has 1 aliphatic heterocycles. The number of nitrogens with one attached hydrogen (secondary N) is 1. The number of benzene rings is 1. The third-order valence-electron chi connectivity index (χ3n) is 4.54. The summed E-state index contributed by atoms with van der Waals surface area (Å²) < 4.78 is 5.34. The van der Waals surface area contributed by atoms with Gasteiger partial charge in [0.25, 0.3) is 0 Å². The van der Waals surface area contributed by atoms with Crippen LogP contribution in [0.2, 0.25) is 0 Å². The lowest BCUT2D eigenvalue weighted by Crippen LogP contribution is -2.61. The molecular formula is C17H26N2O. The lowest BCUT2D eigenvalue weighted by atomic mass is 9.96. The van der Waals surface area contributed by atoms with E-state index >= 15 is 0 Å². The Kier molecular flexibility index (Phi) is 3.74. The summed E-state index contributed by atoms with van der Waals surface area (Å²) in [5.74, 6) is 1.86. The van der Waals surface area contributed by atoms with Crippen molar-refractivity contribution in [2.24, 2.45) is 5.92 Å². The van der Waals surface area contributed by atoms with Gasteiger partial charge in [0.15, 0.2) is 0 Å². The third-order valence-corrected chi connectivity index (χ3v) is 4.54. The summed E-state index contributed by atoms with van der Waals surface area (Å²) >= 11 is 0. The highest BCUT2D eigenvalue weighted by atomic mass is 16.5. The van der Waals surface area contributed by atoms with Gasteiger partial charge in [0, 0.05) is 31.2 Å². The fraction of sp³-hybridized carbons (Fsp3) is 0.647. The molecular weight excluding hydrogens is 248 g/mol. The SMILES string of the molecule is COc1cccc(CN2CC(C)(C)NCC2C2CC2)c1. The predicted molar refractivity (Wildman–Crippen MR) is 82.0 cm³/mol. The van der Waals surface area contributed by atoms with Gasteiger partial charge in [0.1, 0.15) is 5.75 Å². The van der Waals surface area contributed by atoms with Crippen molar-refractivity contribution in [1.29, 1.82) is 0 Å². The second-order valence-electron chi connectivity index (χ2n) is 6.93.